The number of nitrogens with zero attached hydrogens (tertiary/aromatic N) is 3. The minimum absolute atomic E-state index is 0.0200. The van der Waals surface area contributed by atoms with Crippen molar-refractivity contribution in [3.8, 4) is 11.9 Å². The third-order valence-electron chi connectivity index (χ3n) is 4.60. The van der Waals surface area contributed by atoms with Crippen molar-refractivity contribution < 1.29 is 9.53 Å². The third-order valence-corrected chi connectivity index (χ3v) is 4.60. The van der Waals surface area contributed by atoms with E-state index in [2.05, 4.69) is 11.1 Å². The molecule has 0 bridgehead atoms. The second-order valence-electron chi connectivity index (χ2n) is 6.30. The molecule has 0 N–H and O–H groups in total. The lowest BCUT2D eigenvalue weighted by Crippen LogP contribution is -2.31. The van der Waals surface area contributed by atoms with E-state index in [-0.39, 0.29) is 12.0 Å². The highest BCUT2D eigenvalue weighted by atomic mass is 16.5. The molecule has 5 nitrogen and oxygen atoms in total. The van der Waals surface area contributed by atoms with Crippen LogP contribution >= 0.6 is 0 Å². The summed E-state index contributed by atoms with van der Waals surface area (Å²) in [6, 6.07) is 19.0. The molecule has 5 heteroatoms. The van der Waals surface area contributed by atoms with E-state index in [9.17, 15) is 4.79 Å². The highest BCUT2D eigenvalue weighted by Crippen LogP contribution is 2.23. The lowest BCUT2D eigenvalue weighted by atomic mass is 10.0. The fourth-order valence-corrected chi connectivity index (χ4v) is 3.31. The molecule has 0 spiro atoms. The Balaban J connectivity index is 1.49. The quantitative estimate of drug-likeness (QED) is 0.731. The molecule has 1 atom stereocenters. The normalized spacial score (nSPS) is 16.4. The predicted octanol–water partition coefficient (Wildman–Crippen LogP) is 3.40. The number of carbonyl (C=O) groups excluding carboxylic acids is 1. The van der Waals surface area contributed by atoms with Crippen LogP contribution in [-0.2, 0) is 0 Å². The van der Waals surface area contributed by atoms with Crippen LogP contribution in [0.15, 0.2) is 60.8 Å². The van der Waals surface area contributed by atoms with Crippen LogP contribution in [0, 0.1) is 11.3 Å². The molecule has 128 valence electrons. The number of hydrogen-bond acceptors (Lipinski definition) is 4. The van der Waals surface area contributed by atoms with Gasteiger partial charge in [-0.15, -0.1) is 0 Å². The Kier molecular flexibility index (Phi) is 4.24. The summed E-state index contributed by atoms with van der Waals surface area (Å²) in [6.07, 6.45) is 2.19. The van der Waals surface area contributed by atoms with Gasteiger partial charge in [0.1, 0.15) is 6.10 Å². The van der Waals surface area contributed by atoms with Gasteiger partial charge in [-0.3, -0.25) is 4.79 Å². The molecule has 1 amide bonds. The highest BCUT2D eigenvalue weighted by molar-refractivity contribution is 6.07. The second kappa shape index (κ2) is 6.85. The van der Waals surface area contributed by atoms with E-state index >= 15 is 0 Å². The molecular formula is C21H17N3O2. The number of carbonyl (C=O) groups is 1. The number of fused-ring (bicyclic) bond motifs is 1. The summed E-state index contributed by atoms with van der Waals surface area (Å²) < 4.78 is 5.87. The number of aromatic nitrogens is 1. The molecule has 26 heavy (non-hydrogen) atoms. The lowest BCUT2D eigenvalue weighted by Gasteiger charge is -2.18. The molecule has 3 aromatic rings. The molecule has 4 rings (SSSR count). The summed E-state index contributed by atoms with van der Waals surface area (Å²) in [5, 5.41) is 11.0. The van der Waals surface area contributed by atoms with Gasteiger partial charge in [-0.2, -0.15) is 5.26 Å². The van der Waals surface area contributed by atoms with Gasteiger partial charge in [0.25, 0.3) is 5.91 Å². The van der Waals surface area contributed by atoms with Crippen molar-refractivity contribution in [3.63, 3.8) is 0 Å². The zero-order valence-electron chi connectivity index (χ0n) is 14.1. The predicted molar refractivity (Wildman–Crippen MR) is 97.8 cm³/mol. The molecule has 1 aliphatic rings. The van der Waals surface area contributed by atoms with Gasteiger partial charge in [0, 0.05) is 30.8 Å². The molecule has 0 saturated carbocycles. The summed E-state index contributed by atoms with van der Waals surface area (Å²) in [4.78, 5) is 18.9. The zero-order valence-corrected chi connectivity index (χ0v) is 14.1. The van der Waals surface area contributed by atoms with Crippen LogP contribution in [0.2, 0.25) is 0 Å². The first-order valence-corrected chi connectivity index (χ1v) is 8.54. The molecule has 1 aromatic heterocycles. The van der Waals surface area contributed by atoms with Crippen LogP contribution in [0.1, 0.15) is 22.3 Å². The van der Waals surface area contributed by atoms with E-state index in [0.29, 0.717) is 30.1 Å². The van der Waals surface area contributed by atoms with Crippen molar-refractivity contribution in [3.05, 3.63) is 71.9 Å². The number of amides is 1. The Hall–Kier alpha value is -3.39. The molecule has 0 aliphatic carbocycles. The van der Waals surface area contributed by atoms with Crippen LogP contribution in [0.25, 0.3) is 10.8 Å². The van der Waals surface area contributed by atoms with Gasteiger partial charge in [0.2, 0.25) is 5.88 Å². The van der Waals surface area contributed by atoms with Gasteiger partial charge >= 0.3 is 0 Å². The van der Waals surface area contributed by atoms with E-state index in [0.717, 1.165) is 17.2 Å². The van der Waals surface area contributed by atoms with Crippen LogP contribution in [-0.4, -0.2) is 35.0 Å². The SMILES string of the molecule is N#Cc1ccnc(OC2CCN(C(=O)c3cccc4ccccc34)C2)c1. The van der Waals surface area contributed by atoms with Gasteiger partial charge in [0.15, 0.2) is 0 Å². The second-order valence-corrected chi connectivity index (χ2v) is 6.30. The smallest absolute Gasteiger partial charge is 0.254 e. The number of nitriles is 1. The Morgan fingerprint density at radius 3 is 2.92 bits per heavy atom. The zero-order chi connectivity index (χ0) is 17.9. The van der Waals surface area contributed by atoms with E-state index in [1.165, 1.54) is 0 Å². The van der Waals surface area contributed by atoms with E-state index in [1.807, 2.05) is 47.4 Å². The van der Waals surface area contributed by atoms with Crippen LogP contribution in [0.3, 0.4) is 0 Å². The van der Waals surface area contributed by atoms with Crippen molar-refractivity contribution in [1.82, 2.24) is 9.88 Å². The summed E-state index contributed by atoms with van der Waals surface area (Å²) in [5.74, 6) is 0.445. The first-order valence-electron chi connectivity index (χ1n) is 8.54. The Morgan fingerprint density at radius 2 is 2.04 bits per heavy atom. The van der Waals surface area contributed by atoms with E-state index in [4.69, 9.17) is 10.00 Å². The molecular weight excluding hydrogens is 326 g/mol. The van der Waals surface area contributed by atoms with Crippen LogP contribution in [0.5, 0.6) is 5.88 Å². The summed E-state index contributed by atoms with van der Waals surface area (Å²) in [5.41, 5.74) is 1.23. The molecule has 1 aliphatic heterocycles. The number of rotatable bonds is 3. The molecule has 1 saturated heterocycles. The molecule has 1 unspecified atom stereocenters. The standard InChI is InChI=1S/C21H17N3O2/c22-13-15-8-10-23-20(12-15)26-17-9-11-24(14-17)21(25)19-7-3-5-16-4-1-2-6-18(16)19/h1-8,10,12,17H,9,11,14H2. The van der Waals surface area contributed by atoms with Gasteiger partial charge < -0.3 is 9.64 Å². The number of likely N-dealkylation sites (tertiary alicyclic amines) is 1. The summed E-state index contributed by atoms with van der Waals surface area (Å²) in [6.45, 7) is 1.16. The van der Waals surface area contributed by atoms with Gasteiger partial charge in [-0.25, -0.2) is 4.98 Å². The summed E-state index contributed by atoms with van der Waals surface area (Å²) >= 11 is 0. The minimum Gasteiger partial charge on any atom is -0.472 e. The molecule has 0 radical (unpaired) electrons. The number of hydrogen-bond donors (Lipinski definition) is 0. The Morgan fingerprint density at radius 1 is 1.19 bits per heavy atom. The van der Waals surface area contributed by atoms with Crippen molar-refractivity contribution in [2.75, 3.05) is 13.1 Å². The molecule has 2 aromatic carbocycles. The lowest BCUT2D eigenvalue weighted by molar-refractivity contribution is 0.0773. The molecule has 2 heterocycles. The number of benzene rings is 2. The van der Waals surface area contributed by atoms with Crippen molar-refractivity contribution in [1.29, 1.82) is 5.26 Å². The largest absolute Gasteiger partial charge is 0.472 e. The van der Waals surface area contributed by atoms with Crippen LogP contribution < -0.4 is 4.74 Å². The average molecular weight is 343 g/mol. The Labute approximate surface area is 151 Å². The van der Waals surface area contributed by atoms with Gasteiger partial charge in [-0.1, -0.05) is 36.4 Å². The fraction of sp³-hybridized carbons (Fsp3) is 0.190. The monoisotopic (exact) mass is 343 g/mol. The van der Waals surface area contributed by atoms with Gasteiger partial charge in [-0.05, 0) is 22.9 Å². The maximum Gasteiger partial charge on any atom is 0.254 e. The average Bonchev–Trinajstić information content (AvgIpc) is 3.15. The topological polar surface area (TPSA) is 66.2 Å². The highest BCUT2D eigenvalue weighted by Gasteiger charge is 2.29. The maximum atomic E-state index is 13.0. The van der Waals surface area contributed by atoms with Crippen molar-refractivity contribution in [2.24, 2.45) is 0 Å². The van der Waals surface area contributed by atoms with Crippen LogP contribution in [0.4, 0.5) is 0 Å². The molecule has 1 fully saturated rings. The van der Waals surface area contributed by atoms with Crippen molar-refractivity contribution >= 4 is 16.7 Å². The third kappa shape index (κ3) is 3.09. The summed E-state index contributed by atoms with van der Waals surface area (Å²) in [7, 11) is 0. The van der Waals surface area contributed by atoms with E-state index < -0.39 is 0 Å². The maximum absolute atomic E-state index is 13.0. The number of pyridine rings is 1. The number of ether oxygens (including phenoxy) is 1. The minimum atomic E-state index is -0.115. The first-order chi connectivity index (χ1) is 12.7. The van der Waals surface area contributed by atoms with Gasteiger partial charge in [0.05, 0.1) is 18.2 Å². The Bertz CT molecular complexity index is 1000. The fourth-order valence-electron chi connectivity index (χ4n) is 3.31. The first kappa shape index (κ1) is 16.1. The van der Waals surface area contributed by atoms with Crippen molar-refractivity contribution in [2.45, 2.75) is 12.5 Å². The van der Waals surface area contributed by atoms with E-state index in [1.54, 1.807) is 18.3 Å².